The molecular weight excluding hydrogens is 601 g/mol. The zero-order valence-electron chi connectivity index (χ0n) is 25.1. The van der Waals surface area contributed by atoms with Crippen LogP contribution in [0.5, 0.6) is 0 Å². The molecule has 0 saturated carbocycles. The largest absolute Gasteiger partial charge is 0.405 e. The molecule has 5 nitrogen and oxygen atoms in total. The number of halogens is 5. The molecule has 2 aliphatic carbocycles. The number of ketones is 1. The number of amides is 1. The highest BCUT2D eigenvalue weighted by Crippen LogP contribution is 2.31. The van der Waals surface area contributed by atoms with Crippen LogP contribution >= 0.6 is 0 Å². The third-order valence-corrected chi connectivity index (χ3v) is 8.29. The van der Waals surface area contributed by atoms with E-state index in [1.54, 1.807) is 41.2 Å². The fourth-order valence-corrected chi connectivity index (χ4v) is 5.74. The number of carbonyl (C=O) groups is 2. The summed E-state index contributed by atoms with van der Waals surface area (Å²) in [6.07, 6.45) is 10.6. The maximum absolute atomic E-state index is 14.0. The number of carbonyl (C=O) groups excluding carboxylic acids is 2. The second kappa shape index (κ2) is 13.8. The number of alkyl halides is 5. The number of nitrogens with one attached hydrogen (secondary N) is 1. The summed E-state index contributed by atoms with van der Waals surface area (Å²) in [5.74, 6) is -3.68. The molecule has 3 aromatic rings. The van der Waals surface area contributed by atoms with Crippen molar-refractivity contribution < 1.29 is 31.5 Å². The summed E-state index contributed by atoms with van der Waals surface area (Å²) in [6, 6.07) is 11.9. The number of hydrogen-bond donors (Lipinski definition) is 1. The molecule has 1 atom stereocenters. The van der Waals surface area contributed by atoms with Crippen molar-refractivity contribution >= 4 is 28.2 Å². The number of aromatic nitrogens is 2. The first-order chi connectivity index (χ1) is 21.9. The molecule has 1 N–H and O–H groups in total. The standard InChI is InChI=1S/C36H34F5N3O2/c1-2-35(37,38)31-9-5-8-25(16-18-31)26-12-14-28(15-13-26)33(45)27-7-4-3-6-24(10-11-27)21-44-22-30-20-29(17-19-32(30)43-44)34(46)42-23-36(39,40)41/h2,5,7,9,12-20,22,24H,1,3-4,6,8,10-11,21,23H2,(H,42,46)/b27-7+. The van der Waals surface area contributed by atoms with Crippen LogP contribution in [-0.2, 0) is 6.54 Å². The molecule has 1 unspecified atom stereocenters. The van der Waals surface area contributed by atoms with Crippen molar-refractivity contribution in [2.45, 2.75) is 57.2 Å². The second-order valence-electron chi connectivity index (χ2n) is 11.6. The lowest BCUT2D eigenvalue weighted by Crippen LogP contribution is -2.33. The van der Waals surface area contributed by atoms with Gasteiger partial charge in [0.2, 0.25) is 0 Å². The predicted molar refractivity (Wildman–Crippen MR) is 169 cm³/mol. The van der Waals surface area contributed by atoms with E-state index >= 15 is 0 Å². The highest BCUT2D eigenvalue weighted by Gasteiger charge is 2.29. The van der Waals surface area contributed by atoms with Crippen LogP contribution in [0.4, 0.5) is 22.0 Å². The summed E-state index contributed by atoms with van der Waals surface area (Å²) in [4.78, 5) is 25.6. The van der Waals surface area contributed by atoms with Gasteiger partial charge in [0.15, 0.2) is 5.78 Å². The minimum absolute atomic E-state index is 0.0316. The molecule has 10 heteroatoms. The van der Waals surface area contributed by atoms with Crippen LogP contribution in [0.1, 0.15) is 64.8 Å². The van der Waals surface area contributed by atoms with Crippen molar-refractivity contribution in [3.05, 3.63) is 120 Å². The van der Waals surface area contributed by atoms with Crippen LogP contribution in [0.3, 0.4) is 0 Å². The summed E-state index contributed by atoms with van der Waals surface area (Å²) < 4.78 is 67.3. The molecule has 0 fully saturated rings. The first-order valence-electron chi connectivity index (χ1n) is 15.2. The van der Waals surface area contributed by atoms with Gasteiger partial charge in [0, 0.05) is 34.8 Å². The predicted octanol–water partition coefficient (Wildman–Crippen LogP) is 8.81. The van der Waals surface area contributed by atoms with Gasteiger partial charge in [-0.05, 0) is 85.4 Å². The van der Waals surface area contributed by atoms with Crippen molar-refractivity contribution in [2.24, 2.45) is 5.92 Å². The van der Waals surface area contributed by atoms with Gasteiger partial charge in [-0.3, -0.25) is 14.3 Å². The van der Waals surface area contributed by atoms with Gasteiger partial charge in [-0.1, -0.05) is 61.2 Å². The molecule has 46 heavy (non-hydrogen) atoms. The number of benzene rings is 2. The lowest BCUT2D eigenvalue weighted by molar-refractivity contribution is -0.123. The van der Waals surface area contributed by atoms with Crippen LogP contribution in [0.25, 0.3) is 16.5 Å². The summed E-state index contributed by atoms with van der Waals surface area (Å²) in [5.41, 5.74) is 3.69. The van der Waals surface area contributed by atoms with Crippen LogP contribution in [0.15, 0.2) is 103 Å². The Kier molecular flexibility index (Phi) is 9.84. The third-order valence-electron chi connectivity index (χ3n) is 8.29. The fourth-order valence-electron chi connectivity index (χ4n) is 5.74. The monoisotopic (exact) mass is 635 g/mol. The summed E-state index contributed by atoms with van der Waals surface area (Å²) in [6.45, 7) is 2.43. The van der Waals surface area contributed by atoms with Gasteiger partial charge in [-0.25, -0.2) is 0 Å². The summed E-state index contributed by atoms with van der Waals surface area (Å²) in [5, 5.41) is 7.13. The van der Waals surface area contributed by atoms with Gasteiger partial charge in [-0.2, -0.15) is 27.1 Å². The molecule has 240 valence electrons. The number of Topliss-reactive ketones (excluding diaryl/α,β-unsaturated/α-hetero) is 1. The molecule has 2 aromatic carbocycles. The molecule has 0 radical (unpaired) electrons. The van der Waals surface area contributed by atoms with Gasteiger partial charge < -0.3 is 5.32 Å². The Balaban J connectivity index is 1.21. The first-order valence-corrected chi connectivity index (χ1v) is 15.2. The normalized spacial score (nSPS) is 18.8. The molecular formula is C36H34F5N3O2. The smallest absolute Gasteiger partial charge is 0.343 e. The number of nitrogens with zero attached hydrogens (tertiary/aromatic N) is 2. The van der Waals surface area contributed by atoms with E-state index in [1.165, 1.54) is 24.3 Å². The Hall–Kier alpha value is -4.60. The minimum atomic E-state index is -4.49. The van der Waals surface area contributed by atoms with Crippen LogP contribution in [0, 0.1) is 5.92 Å². The molecule has 0 aliphatic heterocycles. The molecule has 5 rings (SSSR count). The van der Waals surface area contributed by atoms with E-state index < -0.39 is 24.6 Å². The van der Waals surface area contributed by atoms with Crippen molar-refractivity contribution in [3.63, 3.8) is 0 Å². The average molecular weight is 636 g/mol. The second-order valence-corrected chi connectivity index (χ2v) is 11.6. The number of rotatable bonds is 9. The van der Waals surface area contributed by atoms with Gasteiger partial charge in [0.1, 0.15) is 6.54 Å². The molecule has 1 heterocycles. The van der Waals surface area contributed by atoms with E-state index in [0.29, 0.717) is 41.9 Å². The lowest BCUT2D eigenvalue weighted by Gasteiger charge is -2.20. The highest BCUT2D eigenvalue weighted by atomic mass is 19.4. The number of allylic oxidation sites excluding steroid dienone is 9. The van der Waals surface area contributed by atoms with Crippen molar-refractivity contribution in [1.29, 1.82) is 0 Å². The topological polar surface area (TPSA) is 64.0 Å². The van der Waals surface area contributed by atoms with E-state index in [4.69, 9.17) is 0 Å². The first kappa shape index (κ1) is 32.8. The number of fused-ring (bicyclic) bond motifs is 1. The van der Waals surface area contributed by atoms with Crippen LogP contribution in [0.2, 0.25) is 0 Å². The van der Waals surface area contributed by atoms with Gasteiger partial charge in [-0.15, -0.1) is 0 Å². The van der Waals surface area contributed by atoms with Crippen LogP contribution in [-0.4, -0.2) is 40.1 Å². The maximum atomic E-state index is 14.0. The molecule has 0 spiro atoms. The fraction of sp³-hybridized carbons (Fsp3) is 0.306. The number of hydrogen-bond acceptors (Lipinski definition) is 3. The summed E-state index contributed by atoms with van der Waals surface area (Å²) in [7, 11) is 0. The molecule has 0 bridgehead atoms. The zero-order chi connectivity index (χ0) is 32.9. The van der Waals surface area contributed by atoms with Gasteiger partial charge >= 0.3 is 6.18 Å². The Morgan fingerprint density at radius 2 is 1.78 bits per heavy atom. The molecule has 2 aliphatic rings. The minimum Gasteiger partial charge on any atom is -0.343 e. The zero-order valence-corrected chi connectivity index (χ0v) is 25.1. The molecule has 1 amide bonds. The van der Waals surface area contributed by atoms with E-state index in [1.807, 2.05) is 23.5 Å². The summed E-state index contributed by atoms with van der Waals surface area (Å²) >= 11 is 0. The Bertz CT molecular complexity index is 1740. The van der Waals surface area contributed by atoms with Crippen molar-refractivity contribution in [2.75, 3.05) is 6.54 Å². The average Bonchev–Trinajstić information content (AvgIpc) is 3.24. The Morgan fingerprint density at radius 1 is 1.02 bits per heavy atom. The third kappa shape index (κ3) is 8.16. The van der Waals surface area contributed by atoms with E-state index in [-0.39, 0.29) is 22.8 Å². The van der Waals surface area contributed by atoms with E-state index in [0.717, 1.165) is 42.4 Å². The van der Waals surface area contributed by atoms with E-state index in [2.05, 4.69) is 11.7 Å². The van der Waals surface area contributed by atoms with Crippen molar-refractivity contribution in [3.8, 4) is 0 Å². The van der Waals surface area contributed by atoms with Crippen molar-refractivity contribution in [1.82, 2.24) is 15.1 Å². The van der Waals surface area contributed by atoms with E-state index in [9.17, 15) is 31.5 Å². The molecule has 1 aromatic heterocycles. The van der Waals surface area contributed by atoms with Gasteiger partial charge in [0.05, 0.1) is 5.52 Å². The lowest BCUT2D eigenvalue weighted by atomic mass is 9.88. The molecule has 0 saturated heterocycles. The highest BCUT2D eigenvalue weighted by molar-refractivity contribution is 6.08. The van der Waals surface area contributed by atoms with Gasteiger partial charge in [0.25, 0.3) is 11.8 Å². The van der Waals surface area contributed by atoms with Crippen LogP contribution < -0.4 is 5.32 Å². The maximum Gasteiger partial charge on any atom is 0.405 e. The Labute approximate surface area is 263 Å². The SMILES string of the molecule is C=CC(F)(F)C1=CC=C(c2ccc(C(=O)/C3=C/CCCC(Cn4cc5cc(C(=O)NCC(F)(F)F)ccc5n4)CC3)cc2)CC=C1. The quantitative estimate of drug-likeness (QED) is 0.145. The Morgan fingerprint density at radius 3 is 2.52 bits per heavy atom.